The smallest absolute Gasteiger partial charge is 0.194 e. The van der Waals surface area contributed by atoms with Gasteiger partial charge in [0.15, 0.2) is 0 Å². The molecule has 92 valence electrons. The Kier molecular flexibility index (Phi) is 3.59. The van der Waals surface area contributed by atoms with Gasteiger partial charge in [0, 0.05) is 0 Å². The summed E-state index contributed by atoms with van der Waals surface area (Å²) < 4.78 is 74.0. The Labute approximate surface area is 96.8 Å². The first kappa shape index (κ1) is 13.7. The normalized spacial score (nSPS) is 12.1. The molecule has 0 aliphatic carbocycles. The van der Waals surface area contributed by atoms with Crippen LogP contribution in [0.15, 0.2) is 23.2 Å². The molecule has 1 aromatic carbocycles. The van der Waals surface area contributed by atoms with Crippen LogP contribution in [0.2, 0.25) is 0 Å². The summed E-state index contributed by atoms with van der Waals surface area (Å²) in [6, 6.07) is 0.932. The highest BCUT2D eigenvalue weighted by Gasteiger charge is 2.37. The van der Waals surface area contributed by atoms with Gasteiger partial charge in [0.25, 0.3) is 0 Å². The van der Waals surface area contributed by atoms with E-state index in [9.17, 15) is 26.3 Å². The second-order valence-corrected chi connectivity index (χ2v) is 3.11. The van der Waals surface area contributed by atoms with Crippen molar-refractivity contribution in [3.8, 4) is 0 Å². The van der Waals surface area contributed by atoms with E-state index in [-0.39, 0.29) is 6.07 Å². The number of hydrogen-bond donors (Lipinski definition) is 0. The van der Waals surface area contributed by atoms with Gasteiger partial charge in [-0.3, -0.25) is 0 Å². The zero-order chi connectivity index (χ0) is 13.3. The van der Waals surface area contributed by atoms with Crippen LogP contribution in [0.3, 0.4) is 0 Å². The molecule has 1 rings (SSSR count). The van der Waals surface area contributed by atoms with Gasteiger partial charge in [-0.25, -0.2) is 0 Å². The summed E-state index contributed by atoms with van der Waals surface area (Å²) in [6.45, 7) is 0. The van der Waals surface area contributed by atoms with Gasteiger partial charge in [0.05, 0.1) is 22.0 Å². The Morgan fingerprint density at radius 1 is 1.00 bits per heavy atom. The molecule has 0 radical (unpaired) electrons. The van der Waals surface area contributed by atoms with Crippen molar-refractivity contribution in [3.63, 3.8) is 0 Å². The molecule has 1 nitrogen and oxygen atoms in total. The van der Waals surface area contributed by atoms with Crippen LogP contribution in [0.5, 0.6) is 0 Å². The van der Waals surface area contributed by atoms with Gasteiger partial charge >= 0.3 is 12.4 Å². The Morgan fingerprint density at radius 3 is 2.00 bits per heavy atom. The highest BCUT2D eigenvalue weighted by Crippen LogP contribution is 2.39. The number of halogens is 6. The minimum atomic E-state index is -4.80. The van der Waals surface area contributed by atoms with Crippen molar-refractivity contribution in [1.82, 2.24) is 0 Å². The molecule has 0 saturated heterocycles. The summed E-state index contributed by atoms with van der Waals surface area (Å²) in [5, 5.41) is 1.62. The van der Waals surface area contributed by atoms with Gasteiger partial charge < -0.3 is 0 Å². The molecule has 0 aliphatic rings. The fourth-order valence-corrected chi connectivity index (χ4v) is 1.19. The summed E-state index contributed by atoms with van der Waals surface area (Å²) in [5.41, 5.74) is -3.42. The fourth-order valence-electron chi connectivity index (χ4n) is 1.09. The second kappa shape index (κ2) is 4.46. The highest BCUT2D eigenvalue weighted by molar-refractivity contribution is 7.78. The van der Waals surface area contributed by atoms with Crippen LogP contribution in [0.25, 0.3) is 0 Å². The van der Waals surface area contributed by atoms with Gasteiger partial charge in [0.1, 0.15) is 0 Å². The molecule has 0 aromatic heterocycles. The molecule has 0 spiro atoms. The Balaban J connectivity index is 3.43. The van der Waals surface area contributed by atoms with Crippen molar-refractivity contribution >= 4 is 23.1 Å². The summed E-state index contributed by atoms with van der Waals surface area (Å²) in [7, 11) is 0. The molecular weight excluding hydrogens is 268 g/mol. The SMILES string of the molecule is FC(F)(F)c1ccc(C(F)(F)F)c(N=C=S)c1. The number of isothiocyanates is 1. The Bertz CT molecular complexity index is 469. The maximum absolute atomic E-state index is 12.4. The third kappa shape index (κ3) is 3.28. The molecule has 0 atom stereocenters. The molecular formula is C9H3F6NS. The number of thiocarbonyl (C=S) groups is 1. The van der Waals surface area contributed by atoms with Crippen LogP contribution in [-0.2, 0) is 12.4 Å². The van der Waals surface area contributed by atoms with E-state index < -0.39 is 29.2 Å². The first-order valence-electron chi connectivity index (χ1n) is 4.02. The van der Waals surface area contributed by atoms with Crippen LogP contribution < -0.4 is 0 Å². The third-order valence-electron chi connectivity index (χ3n) is 1.80. The van der Waals surface area contributed by atoms with Gasteiger partial charge in [-0.15, -0.1) is 0 Å². The molecule has 0 saturated carbocycles. The lowest BCUT2D eigenvalue weighted by atomic mass is 10.1. The Morgan fingerprint density at radius 2 is 1.59 bits per heavy atom. The van der Waals surface area contributed by atoms with Crippen molar-refractivity contribution in [2.45, 2.75) is 12.4 Å². The number of nitrogens with zero attached hydrogens (tertiary/aromatic N) is 1. The predicted molar refractivity (Wildman–Crippen MR) is 51.1 cm³/mol. The largest absolute Gasteiger partial charge is 0.418 e. The zero-order valence-corrected chi connectivity index (χ0v) is 8.67. The van der Waals surface area contributed by atoms with Crippen LogP contribution >= 0.6 is 12.2 Å². The maximum Gasteiger partial charge on any atom is 0.418 e. The third-order valence-corrected chi connectivity index (χ3v) is 1.89. The van der Waals surface area contributed by atoms with Gasteiger partial charge in [-0.05, 0) is 30.4 Å². The highest BCUT2D eigenvalue weighted by atomic mass is 32.1. The van der Waals surface area contributed by atoms with Gasteiger partial charge in [-0.1, -0.05) is 0 Å². The van der Waals surface area contributed by atoms with Crippen molar-refractivity contribution in [3.05, 3.63) is 29.3 Å². The van der Waals surface area contributed by atoms with E-state index in [0.29, 0.717) is 12.1 Å². The van der Waals surface area contributed by atoms with Crippen molar-refractivity contribution in [2.75, 3.05) is 0 Å². The predicted octanol–water partition coefficient (Wildman–Crippen LogP) is 4.46. The lowest BCUT2D eigenvalue weighted by Crippen LogP contribution is -2.09. The number of aliphatic imine (C=N–C) groups is 1. The molecule has 0 amide bonds. The van der Waals surface area contributed by atoms with E-state index in [1.54, 1.807) is 5.16 Å². The van der Waals surface area contributed by atoms with E-state index in [1.165, 1.54) is 0 Å². The lowest BCUT2D eigenvalue weighted by Gasteiger charge is -2.12. The fraction of sp³-hybridized carbons (Fsp3) is 0.222. The summed E-state index contributed by atoms with van der Waals surface area (Å²) in [5.74, 6) is 0. The molecule has 0 fully saturated rings. The van der Waals surface area contributed by atoms with E-state index in [0.717, 1.165) is 0 Å². The molecule has 0 unspecified atom stereocenters. The second-order valence-electron chi connectivity index (χ2n) is 2.93. The summed E-state index contributed by atoms with van der Waals surface area (Å²) in [6.07, 6.45) is -9.54. The van der Waals surface area contributed by atoms with Gasteiger partial charge in [-0.2, -0.15) is 31.3 Å². The molecule has 0 heterocycles. The van der Waals surface area contributed by atoms with Crippen molar-refractivity contribution in [1.29, 1.82) is 0 Å². The van der Waals surface area contributed by atoms with Crippen LogP contribution in [0.1, 0.15) is 11.1 Å². The average Bonchev–Trinajstić information content (AvgIpc) is 2.15. The summed E-state index contributed by atoms with van der Waals surface area (Å²) in [4.78, 5) is 2.99. The van der Waals surface area contributed by atoms with Crippen molar-refractivity contribution in [2.24, 2.45) is 4.99 Å². The maximum atomic E-state index is 12.4. The van der Waals surface area contributed by atoms with Crippen LogP contribution in [-0.4, -0.2) is 5.16 Å². The minimum Gasteiger partial charge on any atom is -0.194 e. The van der Waals surface area contributed by atoms with Crippen molar-refractivity contribution < 1.29 is 26.3 Å². The average molecular weight is 271 g/mol. The van der Waals surface area contributed by atoms with E-state index in [4.69, 9.17) is 0 Å². The van der Waals surface area contributed by atoms with E-state index in [2.05, 4.69) is 17.2 Å². The van der Waals surface area contributed by atoms with Crippen LogP contribution in [0, 0.1) is 0 Å². The standard InChI is InChI=1S/C9H3F6NS/c10-8(11,12)5-1-2-6(9(13,14)15)7(3-5)16-4-17/h1-3H. The topological polar surface area (TPSA) is 12.4 Å². The lowest BCUT2D eigenvalue weighted by molar-refractivity contribution is -0.140. The number of alkyl halides is 6. The van der Waals surface area contributed by atoms with E-state index >= 15 is 0 Å². The van der Waals surface area contributed by atoms with E-state index in [1.807, 2.05) is 0 Å². The Hall–Kier alpha value is -1.40. The molecule has 1 aromatic rings. The zero-order valence-electron chi connectivity index (χ0n) is 7.86. The molecule has 8 heteroatoms. The number of benzene rings is 1. The monoisotopic (exact) mass is 271 g/mol. The number of rotatable bonds is 1. The first-order valence-corrected chi connectivity index (χ1v) is 4.43. The van der Waals surface area contributed by atoms with Crippen LogP contribution in [0.4, 0.5) is 32.0 Å². The van der Waals surface area contributed by atoms with Gasteiger partial charge in [0.2, 0.25) is 0 Å². The molecule has 0 N–H and O–H groups in total. The quantitative estimate of drug-likeness (QED) is 0.417. The molecule has 0 bridgehead atoms. The molecule has 17 heavy (non-hydrogen) atoms. The number of hydrogen-bond acceptors (Lipinski definition) is 2. The molecule has 0 aliphatic heterocycles. The minimum absolute atomic E-state index is 0.280. The summed E-state index contributed by atoms with van der Waals surface area (Å²) >= 11 is 4.09. The first-order chi connectivity index (χ1) is 7.66.